The zero-order valence-corrected chi connectivity index (χ0v) is 11.2. The highest BCUT2D eigenvalue weighted by molar-refractivity contribution is 5.94. The van der Waals surface area contributed by atoms with E-state index >= 15 is 0 Å². The predicted molar refractivity (Wildman–Crippen MR) is 70.2 cm³/mol. The third-order valence-corrected chi connectivity index (χ3v) is 3.33. The number of rotatable bonds is 1. The summed E-state index contributed by atoms with van der Waals surface area (Å²) in [6.45, 7) is 10.5. The second kappa shape index (κ2) is 4.17. The van der Waals surface area contributed by atoms with E-state index in [0.29, 0.717) is 5.92 Å². The summed E-state index contributed by atoms with van der Waals surface area (Å²) in [6.07, 6.45) is 0. The summed E-state index contributed by atoms with van der Waals surface area (Å²) in [6, 6.07) is 8.03. The Morgan fingerprint density at radius 3 is 2.47 bits per heavy atom. The summed E-state index contributed by atoms with van der Waals surface area (Å²) in [7, 11) is 0. The molecule has 2 nitrogen and oxygen atoms in total. The van der Waals surface area contributed by atoms with Gasteiger partial charge in [-0.3, -0.25) is 4.79 Å². The van der Waals surface area contributed by atoms with Gasteiger partial charge in [-0.25, -0.2) is 0 Å². The van der Waals surface area contributed by atoms with Gasteiger partial charge in [0, 0.05) is 18.7 Å². The Morgan fingerprint density at radius 1 is 1.29 bits per heavy atom. The highest BCUT2D eigenvalue weighted by Crippen LogP contribution is 2.24. The highest BCUT2D eigenvalue weighted by atomic mass is 16.2. The molecule has 0 N–H and O–H groups in total. The van der Waals surface area contributed by atoms with Crippen LogP contribution in [0.1, 0.15) is 43.6 Å². The molecule has 0 spiro atoms. The second-order valence-electron chi connectivity index (χ2n) is 6.15. The first-order valence-corrected chi connectivity index (χ1v) is 6.28. The minimum absolute atomic E-state index is 0.0958. The quantitative estimate of drug-likeness (QED) is 0.727. The Kier molecular flexibility index (Phi) is 2.98. The molecule has 1 aliphatic heterocycles. The van der Waals surface area contributed by atoms with E-state index in [-0.39, 0.29) is 11.3 Å². The fourth-order valence-corrected chi connectivity index (χ4v) is 2.17. The molecule has 92 valence electrons. The van der Waals surface area contributed by atoms with Crippen molar-refractivity contribution in [3.63, 3.8) is 0 Å². The molecule has 0 aliphatic carbocycles. The van der Waals surface area contributed by atoms with Gasteiger partial charge in [-0.05, 0) is 29.0 Å². The van der Waals surface area contributed by atoms with Gasteiger partial charge in [0.15, 0.2) is 0 Å². The number of hydrogen-bond acceptors (Lipinski definition) is 1. The van der Waals surface area contributed by atoms with E-state index < -0.39 is 0 Å². The van der Waals surface area contributed by atoms with Gasteiger partial charge in [0.25, 0.3) is 5.91 Å². The van der Waals surface area contributed by atoms with Gasteiger partial charge < -0.3 is 4.90 Å². The lowest BCUT2D eigenvalue weighted by atomic mass is 9.86. The Hall–Kier alpha value is -1.31. The van der Waals surface area contributed by atoms with Crippen LogP contribution >= 0.6 is 0 Å². The molecule has 17 heavy (non-hydrogen) atoms. The first-order valence-electron chi connectivity index (χ1n) is 6.28. The van der Waals surface area contributed by atoms with Crippen molar-refractivity contribution in [1.82, 2.24) is 4.90 Å². The van der Waals surface area contributed by atoms with E-state index in [1.165, 1.54) is 5.56 Å². The van der Waals surface area contributed by atoms with Crippen LogP contribution < -0.4 is 0 Å². The van der Waals surface area contributed by atoms with Crippen LogP contribution in [-0.2, 0) is 5.41 Å². The SMILES string of the molecule is CC1CN(C(=O)c2cccc(C(C)(C)C)c2)C1. The van der Waals surface area contributed by atoms with Crippen molar-refractivity contribution in [3.8, 4) is 0 Å². The van der Waals surface area contributed by atoms with Crippen molar-refractivity contribution in [3.05, 3.63) is 35.4 Å². The minimum atomic E-state index is 0.0958. The van der Waals surface area contributed by atoms with E-state index in [2.05, 4.69) is 33.8 Å². The number of carbonyl (C=O) groups is 1. The fourth-order valence-electron chi connectivity index (χ4n) is 2.17. The van der Waals surface area contributed by atoms with E-state index in [1.54, 1.807) is 0 Å². The Bertz CT molecular complexity index is 425. The molecule has 2 heteroatoms. The fraction of sp³-hybridized carbons (Fsp3) is 0.533. The van der Waals surface area contributed by atoms with Gasteiger partial charge in [-0.2, -0.15) is 0 Å². The molecule has 1 fully saturated rings. The highest BCUT2D eigenvalue weighted by Gasteiger charge is 2.28. The molecule has 1 aliphatic rings. The largest absolute Gasteiger partial charge is 0.338 e. The summed E-state index contributed by atoms with van der Waals surface area (Å²) in [5.74, 6) is 0.832. The molecular weight excluding hydrogens is 210 g/mol. The molecule has 1 aromatic rings. The molecule has 2 rings (SSSR count). The lowest BCUT2D eigenvalue weighted by molar-refractivity contribution is 0.0530. The topological polar surface area (TPSA) is 20.3 Å². The second-order valence-corrected chi connectivity index (χ2v) is 6.15. The molecule has 0 radical (unpaired) electrons. The zero-order chi connectivity index (χ0) is 12.6. The van der Waals surface area contributed by atoms with Crippen molar-refractivity contribution in [1.29, 1.82) is 0 Å². The Balaban J connectivity index is 2.19. The van der Waals surface area contributed by atoms with Crippen LogP contribution in [0, 0.1) is 5.92 Å². The van der Waals surface area contributed by atoms with Crippen LogP contribution in [-0.4, -0.2) is 23.9 Å². The molecular formula is C15H21NO. The van der Waals surface area contributed by atoms with E-state index in [1.807, 2.05) is 23.1 Å². The van der Waals surface area contributed by atoms with E-state index in [4.69, 9.17) is 0 Å². The van der Waals surface area contributed by atoms with Crippen LogP contribution in [0.5, 0.6) is 0 Å². The first kappa shape index (κ1) is 12.2. The van der Waals surface area contributed by atoms with Gasteiger partial charge in [-0.1, -0.05) is 39.8 Å². The summed E-state index contributed by atoms with van der Waals surface area (Å²) < 4.78 is 0. The zero-order valence-electron chi connectivity index (χ0n) is 11.2. The predicted octanol–water partition coefficient (Wildman–Crippen LogP) is 3.08. The summed E-state index contributed by atoms with van der Waals surface area (Å²) in [5, 5.41) is 0. The standard InChI is InChI=1S/C15H21NO/c1-11-9-16(10-11)14(17)12-6-5-7-13(8-12)15(2,3)4/h5-8,11H,9-10H2,1-4H3. The van der Waals surface area contributed by atoms with Crippen molar-refractivity contribution >= 4 is 5.91 Å². The van der Waals surface area contributed by atoms with Crippen LogP contribution in [0.3, 0.4) is 0 Å². The van der Waals surface area contributed by atoms with Crippen LogP contribution in [0.15, 0.2) is 24.3 Å². The van der Waals surface area contributed by atoms with Crippen LogP contribution in [0.25, 0.3) is 0 Å². The number of benzene rings is 1. The maximum atomic E-state index is 12.2. The molecule has 1 saturated heterocycles. The van der Waals surface area contributed by atoms with Gasteiger partial charge in [0.05, 0.1) is 0 Å². The van der Waals surface area contributed by atoms with E-state index in [9.17, 15) is 4.79 Å². The van der Waals surface area contributed by atoms with Gasteiger partial charge in [0.1, 0.15) is 0 Å². The maximum absolute atomic E-state index is 12.2. The van der Waals surface area contributed by atoms with Crippen molar-refractivity contribution in [2.75, 3.05) is 13.1 Å². The summed E-state index contributed by atoms with van der Waals surface area (Å²) >= 11 is 0. The monoisotopic (exact) mass is 231 g/mol. The lowest BCUT2D eigenvalue weighted by Gasteiger charge is -2.37. The number of carbonyl (C=O) groups excluding carboxylic acids is 1. The van der Waals surface area contributed by atoms with Crippen molar-refractivity contribution in [2.45, 2.75) is 33.1 Å². The lowest BCUT2D eigenvalue weighted by Crippen LogP contribution is -2.48. The van der Waals surface area contributed by atoms with Gasteiger partial charge >= 0.3 is 0 Å². The summed E-state index contributed by atoms with van der Waals surface area (Å²) in [4.78, 5) is 14.1. The van der Waals surface area contributed by atoms with Crippen LogP contribution in [0.2, 0.25) is 0 Å². The average molecular weight is 231 g/mol. The van der Waals surface area contributed by atoms with Crippen molar-refractivity contribution < 1.29 is 4.79 Å². The molecule has 1 heterocycles. The van der Waals surface area contributed by atoms with Crippen molar-refractivity contribution in [2.24, 2.45) is 5.92 Å². The van der Waals surface area contributed by atoms with Gasteiger partial charge in [0.2, 0.25) is 0 Å². The number of amides is 1. The van der Waals surface area contributed by atoms with Crippen LogP contribution in [0.4, 0.5) is 0 Å². The third kappa shape index (κ3) is 2.51. The molecule has 0 unspecified atom stereocenters. The normalized spacial score (nSPS) is 16.8. The average Bonchev–Trinajstić information content (AvgIpc) is 2.23. The first-order chi connectivity index (χ1) is 7.88. The number of likely N-dealkylation sites (tertiary alicyclic amines) is 1. The molecule has 0 atom stereocenters. The minimum Gasteiger partial charge on any atom is -0.338 e. The Morgan fingerprint density at radius 2 is 1.94 bits per heavy atom. The maximum Gasteiger partial charge on any atom is 0.253 e. The third-order valence-electron chi connectivity index (χ3n) is 3.33. The molecule has 0 aromatic heterocycles. The number of nitrogens with zero attached hydrogens (tertiary/aromatic N) is 1. The Labute approximate surface area is 104 Å². The van der Waals surface area contributed by atoms with E-state index in [0.717, 1.165) is 18.7 Å². The smallest absolute Gasteiger partial charge is 0.253 e. The summed E-state index contributed by atoms with van der Waals surface area (Å²) in [5.41, 5.74) is 2.14. The number of hydrogen-bond donors (Lipinski definition) is 0. The van der Waals surface area contributed by atoms with Gasteiger partial charge in [-0.15, -0.1) is 0 Å². The molecule has 0 saturated carbocycles. The molecule has 1 aromatic carbocycles. The molecule has 1 amide bonds. The molecule has 0 bridgehead atoms.